The maximum absolute atomic E-state index is 9.68. The number of benzene rings is 2. The molecule has 2 aromatic carbocycles. The summed E-state index contributed by atoms with van der Waals surface area (Å²) in [6, 6.07) is 14.0. The van der Waals surface area contributed by atoms with E-state index < -0.39 is 0 Å². The maximum Gasteiger partial charge on any atom is 0.103 e. The molecule has 3 rings (SSSR count). The molecular formula is C20H17N5. The Morgan fingerprint density at radius 3 is 2.20 bits per heavy atom. The quantitative estimate of drug-likeness (QED) is 0.795. The zero-order valence-corrected chi connectivity index (χ0v) is 14.6. The predicted molar refractivity (Wildman–Crippen MR) is 96.5 cm³/mol. The maximum atomic E-state index is 9.68. The van der Waals surface area contributed by atoms with Crippen LogP contribution < -0.4 is 9.80 Å². The molecule has 1 aliphatic heterocycles. The molecule has 0 bridgehead atoms. The Hall–Kier alpha value is -3.49. The second-order valence-corrected chi connectivity index (χ2v) is 6.28. The van der Waals surface area contributed by atoms with Gasteiger partial charge in [-0.15, -0.1) is 0 Å². The Bertz CT molecular complexity index is 1000. The van der Waals surface area contributed by atoms with Gasteiger partial charge in [0.1, 0.15) is 24.4 Å². The molecule has 0 N–H and O–H groups in total. The molecule has 2 aromatic rings. The van der Waals surface area contributed by atoms with Crippen LogP contribution in [0.1, 0.15) is 34.7 Å². The average Bonchev–Trinajstić information content (AvgIpc) is 2.85. The highest BCUT2D eigenvalue weighted by Gasteiger charge is 2.36. The van der Waals surface area contributed by atoms with Crippen molar-refractivity contribution in [3.05, 3.63) is 52.1 Å². The molecule has 0 aliphatic carbocycles. The standard InChI is InChI=1S/C20H17N5/c1-12-7-13(2)19(16(8-12)10-22)25-14(3)24(4)18-6-5-15(9-21)17(11-23)20(18)25/h5-8,14H,1-4H3/t14-/m0/s1. The van der Waals surface area contributed by atoms with Crippen molar-refractivity contribution in [3.63, 3.8) is 0 Å². The van der Waals surface area contributed by atoms with Crippen LogP contribution >= 0.6 is 0 Å². The van der Waals surface area contributed by atoms with Crippen molar-refractivity contribution >= 4 is 17.1 Å². The van der Waals surface area contributed by atoms with Gasteiger partial charge in [0.2, 0.25) is 0 Å². The minimum atomic E-state index is -0.0791. The number of nitriles is 3. The number of hydrogen-bond acceptors (Lipinski definition) is 5. The fourth-order valence-corrected chi connectivity index (χ4v) is 3.54. The van der Waals surface area contributed by atoms with Gasteiger partial charge < -0.3 is 9.80 Å². The Morgan fingerprint density at radius 2 is 1.60 bits per heavy atom. The lowest BCUT2D eigenvalue weighted by Gasteiger charge is -2.30. The summed E-state index contributed by atoms with van der Waals surface area (Å²) in [4.78, 5) is 4.06. The first-order valence-electron chi connectivity index (χ1n) is 7.95. The first-order chi connectivity index (χ1) is 11.9. The molecular weight excluding hydrogens is 310 g/mol. The molecule has 1 atom stereocenters. The van der Waals surface area contributed by atoms with Crippen LogP contribution in [0.3, 0.4) is 0 Å². The third-order valence-corrected chi connectivity index (χ3v) is 4.75. The Balaban J connectivity index is 2.39. The largest absolute Gasteiger partial charge is 0.352 e. The van der Waals surface area contributed by atoms with Crippen LogP contribution in [-0.2, 0) is 0 Å². The smallest absolute Gasteiger partial charge is 0.103 e. The highest BCUT2D eigenvalue weighted by molar-refractivity contribution is 5.91. The third kappa shape index (κ3) is 2.28. The van der Waals surface area contributed by atoms with E-state index in [0.717, 1.165) is 22.5 Å². The number of anilines is 3. The normalized spacial score (nSPS) is 15.3. The molecule has 122 valence electrons. The molecule has 0 saturated heterocycles. The summed E-state index contributed by atoms with van der Waals surface area (Å²) in [6.45, 7) is 5.95. The van der Waals surface area contributed by atoms with Gasteiger partial charge >= 0.3 is 0 Å². The predicted octanol–water partition coefficient (Wildman–Crippen LogP) is 3.85. The second kappa shape index (κ2) is 5.86. The first kappa shape index (κ1) is 16.4. The van der Waals surface area contributed by atoms with Crippen molar-refractivity contribution in [3.8, 4) is 18.2 Å². The summed E-state index contributed by atoms with van der Waals surface area (Å²) in [7, 11) is 1.95. The van der Waals surface area contributed by atoms with Gasteiger partial charge in [0.25, 0.3) is 0 Å². The minimum Gasteiger partial charge on any atom is -0.352 e. The lowest BCUT2D eigenvalue weighted by molar-refractivity contribution is 0.731. The van der Waals surface area contributed by atoms with E-state index in [1.54, 1.807) is 6.07 Å². The molecule has 5 nitrogen and oxygen atoms in total. The monoisotopic (exact) mass is 327 g/mol. The van der Waals surface area contributed by atoms with Crippen LogP contribution in [0.15, 0.2) is 24.3 Å². The fraction of sp³-hybridized carbons (Fsp3) is 0.250. The Kier molecular flexibility index (Phi) is 3.84. The Labute approximate surface area is 147 Å². The van der Waals surface area contributed by atoms with E-state index in [0.29, 0.717) is 22.4 Å². The summed E-state index contributed by atoms with van der Waals surface area (Å²) < 4.78 is 0. The molecule has 0 spiro atoms. The van der Waals surface area contributed by atoms with Crippen LogP contribution in [0, 0.1) is 47.8 Å². The summed E-state index contributed by atoms with van der Waals surface area (Å²) in [5, 5.41) is 28.7. The summed E-state index contributed by atoms with van der Waals surface area (Å²) in [6.07, 6.45) is -0.0791. The molecule has 5 heteroatoms. The van der Waals surface area contributed by atoms with E-state index >= 15 is 0 Å². The third-order valence-electron chi connectivity index (χ3n) is 4.75. The zero-order chi connectivity index (χ0) is 18.3. The number of aryl methyl sites for hydroxylation is 2. The number of rotatable bonds is 1. The van der Waals surface area contributed by atoms with Gasteiger partial charge in [0, 0.05) is 7.05 Å². The van der Waals surface area contributed by atoms with E-state index in [4.69, 9.17) is 0 Å². The van der Waals surface area contributed by atoms with Gasteiger partial charge in [-0.3, -0.25) is 0 Å². The minimum absolute atomic E-state index is 0.0791. The van der Waals surface area contributed by atoms with Gasteiger partial charge in [-0.1, -0.05) is 6.07 Å². The molecule has 0 radical (unpaired) electrons. The van der Waals surface area contributed by atoms with E-state index in [2.05, 4.69) is 23.1 Å². The van der Waals surface area contributed by atoms with E-state index in [-0.39, 0.29) is 6.17 Å². The van der Waals surface area contributed by atoms with Crippen molar-refractivity contribution in [2.45, 2.75) is 26.9 Å². The molecule has 0 aromatic heterocycles. The van der Waals surface area contributed by atoms with E-state index in [1.165, 1.54) is 0 Å². The molecule has 0 amide bonds. The van der Waals surface area contributed by atoms with Gasteiger partial charge in [-0.05, 0) is 50.1 Å². The number of nitrogens with zero attached hydrogens (tertiary/aromatic N) is 5. The second-order valence-electron chi connectivity index (χ2n) is 6.28. The van der Waals surface area contributed by atoms with Gasteiger partial charge in [-0.2, -0.15) is 15.8 Å². The van der Waals surface area contributed by atoms with Crippen molar-refractivity contribution in [2.24, 2.45) is 0 Å². The fourth-order valence-electron chi connectivity index (χ4n) is 3.54. The molecule has 0 fully saturated rings. The van der Waals surface area contributed by atoms with E-state index in [1.807, 2.05) is 50.9 Å². The van der Waals surface area contributed by atoms with Crippen LogP contribution in [0.5, 0.6) is 0 Å². The van der Waals surface area contributed by atoms with Crippen molar-refractivity contribution in [2.75, 3.05) is 16.8 Å². The van der Waals surface area contributed by atoms with Crippen molar-refractivity contribution in [1.29, 1.82) is 15.8 Å². The number of fused-ring (bicyclic) bond motifs is 1. The highest BCUT2D eigenvalue weighted by Crippen LogP contribution is 2.48. The lowest BCUT2D eigenvalue weighted by Crippen LogP contribution is -2.36. The zero-order valence-electron chi connectivity index (χ0n) is 14.6. The number of hydrogen-bond donors (Lipinski definition) is 0. The molecule has 0 saturated carbocycles. The van der Waals surface area contributed by atoms with Gasteiger partial charge in [0.15, 0.2) is 0 Å². The average molecular weight is 327 g/mol. The van der Waals surface area contributed by atoms with Gasteiger partial charge in [-0.25, -0.2) is 0 Å². The molecule has 1 heterocycles. The van der Waals surface area contributed by atoms with Crippen LogP contribution in [-0.4, -0.2) is 13.2 Å². The van der Waals surface area contributed by atoms with Crippen molar-refractivity contribution in [1.82, 2.24) is 0 Å². The van der Waals surface area contributed by atoms with Crippen LogP contribution in [0.4, 0.5) is 17.1 Å². The highest BCUT2D eigenvalue weighted by atomic mass is 15.4. The molecule has 25 heavy (non-hydrogen) atoms. The lowest BCUT2D eigenvalue weighted by atomic mass is 10.0. The Morgan fingerprint density at radius 1 is 0.920 bits per heavy atom. The summed E-state index contributed by atoms with van der Waals surface area (Å²) in [5.41, 5.74) is 5.61. The van der Waals surface area contributed by atoms with Crippen molar-refractivity contribution < 1.29 is 0 Å². The summed E-state index contributed by atoms with van der Waals surface area (Å²) >= 11 is 0. The SMILES string of the molecule is Cc1cc(C)c(N2c3c(ccc(C#N)c3C#N)N(C)[C@@H]2C)c(C#N)c1. The van der Waals surface area contributed by atoms with Crippen LogP contribution in [0.2, 0.25) is 0 Å². The first-order valence-corrected chi connectivity index (χ1v) is 7.95. The van der Waals surface area contributed by atoms with Gasteiger partial charge in [0.05, 0.1) is 33.8 Å². The molecule has 0 unspecified atom stereocenters. The summed E-state index contributed by atoms with van der Waals surface area (Å²) in [5.74, 6) is 0. The molecule has 1 aliphatic rings. The van der Waals surface area contributed by atoms with Crippen LogP contribution in [0.25, 0.3) is 0 Å². The topological polar surface area (TPSA) is 77.8 Å². The van der Waals surface area contributed by atoms with E-state index in [9.17, 15) is 15.8 Å².